The molecule has 5 heteroatoms. The number of hydrogen-bond acceptors (Lipinski definition) is 4. The van der Waals surface area contributed by atoms with Crippen molar-refractivity contribution < 1.29 is 4.39 Å². The van der Waals surface area contributed by atoms with Crippen LogP contribution in [0.15, 0.2) is 41.6 Å². The molecular weight excluding hydrogens is 237 g/mol. The molecule has 0 aliphatic rings. The van der Waals surface area contributed by atoms with Crippen LogP contribution in [-0.4, -0.2) is 9.97 Å². The maximum absolute atomic E-state index is 13.3. The molecule has 0 fully saturated rings. The predicted molar refractivity (Wildman–Crippen MR) is 65.9 cm³/mol. The molecule has 3 nitrogen and oxygen atoms in total. The molecule has 0 aliphatic heterocycles. The largest absolute Gasteiger partial charge is 0.326 e. The summed E-state index contributed by atoms with van der Waals surface area (Å²) in [6, 6.07) is 6.67. The van der Waals surface area contributed by atoms with Gasteiger partial charge in [0.1, 0.15) is 11.6 Å². The van der Waals surface area contributed by atoms with Crippen molar-refractivity contribution in [3.05, 3.63) is 53.9 Å². The molecule has 1 heterocycles. The quantitative estimate of drug-likeness (QED) is 0.845. The summed E-state index contributed by atoms with van der Waals surface area (Å²) in [5, 5.41) is 0. The summed E-state index contributed by atoms with van der Waals surface area (Å²) >= 11 is 1.38. The van der Waals surface area contributed by atoms with Crippen LogP contribution in [0.25, 0.3) is 0 Å². The van der Waals surface area contributed by atoms with E-state index in [0.29, 0.717) is 23.0 Å². The molecule has 0 saturated carbocycles. The first kappa shape index (κ1) is 12.0. The molecule has 0 radical (unpaired) electrons. The van der Waals surface area contributed by atoms with E-state index in [4.69, 9.17) is 5.73 Å². The Hall–Kier alpha value is -1.46. The fraction of sp³-hybridized carbons (Fsp3) is 0.167. The van der Waals surface area contributed by atoms with Gasteiger partial charge in [-0.25, -0.2) is 14.4 Å². The lowest BCUT2D eigenvalue weighted by Gasteiger charge is -2.02. The van der Waals surface area contributed by atoms with Gasteiger partial charge in [0, 0.05) is 29.4 Å². The van der Waals surface area contributed by atoms with E-state index in [0.717, 1.165) is 5.56 Å². The van der Waals surface area contributed by atoms with Crippen molar-refractivity contribution in [2.75, 3.05) is 0 Å². The van der Waals surface area contributed by atoms with Gasteiger partial charge in [0.25, 0.3) is 0 Å². The van der Waals surface area contributed by atoms with Gasteiger partial charge in [-0.05, 0) is 12.1 Å². The third-order valence-electron chi connectivity index (χ3n) is 2.19. The zero-order chi connectivity index (χ0) is 12.1. The molecule has 0 spiro atoms. The van der Waals surface area contributed by atoms with Gasteiger partial charge < -0.3 is 5.73 Å². The first-order valence-electron chi connectivity index (χ1n) is 5.17. The van der Waals surface area contributed by atoms with E-state index in [1.807, 2.05) is 6.07 Å². The summed E-state index contributed by atoms with van der Waals surface area (Å²) < 4.78 is 13.3. The number of nitrogens with two attached hydrogens (primary N) is 1. The van der Waals surface area contributed by atoms with Crippen molar-refractivity contribution in [2.24, 2.45) is 5.73 Å². The molecule has 1 aromatic heterocycles. The minimum atomic E-state index is -0.212. The zero-order valence-corrected chi connectivity index (χ0v) is 9.95. The number of nitrogens with zero attached hydrogens (tertiary/aromatic N) is 2. The van der Waals surface area contributed by atoms with Crippen LogP contribution in [0, 0.1) is 5.82 Å². The van der Waals surface area contributed by atoms with E-state index in [1.54, 1.807) is 24.5 Å². The van der Waals surface area contributed by atoms with Gasteiger partial charge in [-0.15, -0.1) is 11.8 Å². The van der Waals surface area contributed by atoms with E-state index in [9.17, 15) is 4.39 Å². The highest BCUT2D eigenvalue weighted by atomic mass is 32.2. The van der Waals surface area contributed by atoms with Crippen molar-refractivity contribution in [1.82, 2.24) is 9.97 Å². The molecule has 0 amide bonds. The number of halogens is 1. The van der Waals surface area contributed by atoms with Crippen LogP contribution in [-0.2, 0) is 12.3 Å². The minimum Gasteiger partial charge on any atom is -0.326 e. The number of thioether (sulfide) groups is 1. The van der Waals surface area contributed by atoms with Gasteiger partial charge in [-0.2, -0.15) is 0 Å². The Bertz CT molecular complexity index is 487. The average molecular weight is 249 g/mol. The summed E-state index contributed by atoms with van der Waals surface area (Å²) in [6.07, 6.45) is 3.40. The normalized spacial score (nSPS) is 10.5. The molecule has 2 N–H and O–H groups in total. The van der Waals surface area contributed by atoms with Gasteiger partial charge >= 0.3 is 0 Å². The summed E-state index contributed by atoms with van der Waals surface area (Å²) in [7, 11) is 0. The van der Waals surface area contributed by atoms with Crippen LogP contribution in [0.5, 0.6) is 0 Å². The Morgan fingerprint density at radius 1 is 1.18 bits per heavy atom. The fourth-order valence-electron chi connectivity index (χ4n) is 1.27. The van der Waals surface area contributed by atoms with Gasteiger partial charge in [0.15, 0.2) is 0 Å². The van der Waals surface area contributed by atoms with Crippen LogP contribution in [0.4, 0.5) is 4.39 Å². The molecule has 0 aliphatic carbocycles. The molecule has 17 heavy (non-hydrogen) atoms. The van der Waals surface area contributed by atoms with Crippen LogP contribution in [0.1, 0.15) is 11.4 Å². The van der Waals surface area contributed by atoms with Crippen LogP contribution >= 0.6 is 11.8 Å². The van der Waals surface area contributed by atoms with E-state index in [1.165, 1.54) is 17.8 Å². The highest BCUT2D eigenvalue weighted by Crippen LogP contribution is 2.23. The van der Waals surface area contributed by atoms with E-state index in [2.05, 4.69) is 9.97 Å². The van der Waals surface area contributed by atoms with Crippen molar-refractivity contribution >= 4 is 11.8 Å². The lowest BCUT2D eigenvalue weighted by atomic mass is 10.3. The summed E-state index contributed by atoms with van der Waals surface area (Å²) in [4.78, 5) is 8.93. The summed E-state index contributed by atoms with van der Waals surface area (Å²) in [5.74, 6) is 1.01. The highest BCUT2D eigenvalue weighted by molar-refractivity contribution is 7.98. The van der Waals surface area contributed by atoms with Crippen molar-refractivity contribution in [3.8, 4) is 0 Å². The van der Waals surface area contributed by atoms with Crippen LogP contribution in [0.3, 0.4) is 0 Å². The molecule has 2 rings (SSSR count). The first-order valence-corrected chi connectivity index (χ1v) is 6.15. The fourth-order valence-corrected chi connectivity index (χ4v) is 2.08. The molecular formula is C12H12FN3S. The molecule has 0 bridgehead atoms. The number of aromatic nitrogens is 2. The molecule has 2 aromatic rings. The van der Waals surface area contributed by atoms with Gasteiger partial charge in [-0.3, -0.25) is 0 Å². The first-order chi connectivity index (χ1) is 8.29. The van der Waals surface area contributed by atoms with Gasteiger partial charge in [0.05, 0.1) is 5.75 Å². The molecule has 88 valence electrons. The Balaban J connectivity index is 2.00. The van der Waals surface area contributed by atoms with E-state index < -0.39 is 0 Å². The van der Waals surface area contributed by atoms with Crippen molar-refractivity contribution in [1.29, 1.82) is 0 Å². The van der Waals surface area contributed by atoms with Crippen molar-refractivity contribution in [2.45, 2.75) is 17.2 Å². The summed E-state index contributed by atoms with van der Waals surface area (Å²) in [6.45, 7) is 0.431. The SMILES string of the molecule is NCc1cnc(CSc2ccccc2F)nc1. The second-order valence-corrected chi connectivity index (χ2v) is 4.45. The monoisotopic (exact) mass is 249 g/mol. The molecule has 1 aromatic carbocycles. The predicted octanol–water partition coefficient (Wildman–Crippen LogP) is 2.37. The second-order valence-electron chi connectivity index (χ2n) is 3.43. The maximum atomic E-state index is 13.3. The lowest BCUT2D eigenvalue weighted by Crippen LogP contribution is -2.00. The average Bonchev–Trinajstić information content (AvgIpc) is 2.38. The second kappa shape index (κ2) is 5.75. The van der Waals surface area contributed by atoms with E-state index >= 15 is 0 Å². The van der Waals surface area contributed by atoms with Crippen LogP contribution < -0.4 is 5.73 Å². The minimum absolute atomic E-state index is 0.212. The van der Waals surface area contributed by atoms with Crippen LogP contribution in [0.2, 0.25) is 0 Å². The number of rotatable bonds is 4. The Labute approximate surface area is 103 Å². The molecule has 0 atom stereocenters. The van der Waals surface area contributed by atoms with Crippen molar-refractivity contribution in [3.63, 3.8) is 0 Å². The Morgan fingerprint density at radius 2 is 1.88 bits per heavy atom. The number of hydrogen-bond donors (Lipinski definition) is 1. The third-order valence-corrected chi connectivity index (χ3v) is 3.23. The summed E-state index contributed by atoms with van der Waals surface area (Å²) in [5.41, 5.74) is 6.34. The zero-order valence-electron chi connectivity index (χ0n) is 9.14. The highest BCUT2D eigenvalue weighted by Gasteiger charge is 2.03. The third kappa shape index (κ3) is 3.25. The topological polar surface area (TPSA) is 51.8 Å². The molecule has 0 saturated heterocycles. The Kier molecular flexibility index (Phi) is 4.06. The molecule has 0 unspecified atom stereocenters. The van der Waals surface area contributed by atoms with Gasteiger partial charge in [-0.1, -0.05) is 12.1 Å². The number of benzene rings is 1. The maximum Gasteiger partial charge on any atom is 0.138 e. The van der Waals surface area contributed by atoms with Gasteiger partial charge in [0.2, 0.25) is 0 Å². The smallest absolute Gasteiger partial charge is 0.138 e. The Morgan fingerprint density at radius 3 is 2.53 bits per heavy atom. The van der Waals surface area contributed by atoms with E-state index in [-0.39, 0.29) is 5.82 Å². The standard InChI is InChI=1S/C12H12FN3S/c13-10-3-1-2-4-11(10)17-8-12-15-6-9(5-14)7-16-12/h1-4,6-7H,5,8,14H2. The lowest BCUT2D eigenvalue weighted by molar-refractivity contribution is 0.602.